The summed E-state index contributed by atoms with van der Waals surface area (Å²) in [7, 11) is 3.24. The zero-order valence-corrected chi connectivity index (χ0v) is 24.6. The number of ether oxygens (including phenoxy) is 4. The Kier molecular flexibility index (Phi) is 8.77. The number of nitrogens with one attached hydrogen (secondary N) is 1. The van der Waals surface area contributed by atoms with E-state index >= 15 is 0 Å². The number of rotatable bonds is 10. The summed E-state index contributed by atoms with van der Waals surface area (Å²) in [4.78, 5) is 26.2. The molecule has 1 aliphatic rings. The van der Waals surface area contributed by atoms with Crippen LogP contribution < -0.4 is 20.7 Å². The molecule has 3 aromatic carbocycles. The number of aliphatic hydroxyl groups excluding tert-OH is 1. The number of aromatic amines is 1. The van der Waals surface area contributed by atoms with Gasteiger partial charge < -0.3 is 0 Å². The van der Waals surface area contributed by atoms with Gasteiger partial charge in [0.2, 0.25) is 0 Å². The second kappa shape index (κ2) is 12.5. The van der Waals surface area contributed by atoms with Gasteiger partial charge in [0.1, 0.15) is 0 Å². The van der Waals surface area contributed by atoms with E-state index in [9.17, 15) is 14.7 Å². The van der Waals surface area contributed by atoms with Crippen LogP contribution in [0.2, 0.25) is 10.6 Å². The number of hydrogen-bond donors (Lipinski definition) is 2. The number of aliphatic hydroxyl groups is 1. The summed E-state index contributed by atoms with van der Waals surface area (Å²) in [6.45, 7) is 0.0231. The first-order chi connectivity index (χ1) is 19.9. The molecule has 2 N–H and O–H groups in total. The molecular weight excluding hydrogens is 591 g/mol. The predicted molar refractivity (Wildman–Crippen MR) is 155 cm³/mol. The third kappa shape index (κ3) is 5.62. The van der Waals surface area contributed by atoms with Crippen molar-refractivity contribution in [1.82, 2.24) is 9.55 Å². The molecule has 214 valence electrons. The molecule has 0 unspecified atom stereocenters. The molecule has 4 atom stereocenters. The molecule has 0 radical (unpaired) electrons. The molecule has 0 aliphatic carbocycles. The van der Waals surface area contributed by atoms with Crippen LogP contribution in [0.4, 0.5) is 0 Å². The topological polar surface area (TPSA) is 112 Å². The van der Waals surface area contributed by atoms with Crippen LogP contribution in [0.25, 0.3) is 0 Å². The molecule has 1 aromatic heterocycles. The number of aromatic nitrogens is 2. The minimum atomic E-state index is -1.08. The normalized spacial score (nSPS) is 20.6. The van der Waals surface area contributed by atoms with E-state index in [-0.39, 0.29) is 26.4 Å². The molecule has 0 spiro atoms. The summed E-state index contributed by atoms with van der Waals surface area (Å²) in [5.74, 6) is 3.41. The van der Waals surface area contributed by atoms with E-state index in [1.807, 2.05) is 84.7 Å². The Bertz CT molecular complexity index is 1510. The van der Waals surface area contributed by atoms with E-state index in [4.69, 9.17) is 18.9 Å². The quantitative estimate of drug-likeness (QED) is 0.206. The first-order valence-corrected chi connectivity index (χ1v) is 15.8. The fourth-order valence-corrected chi connectivity index (χ4v) is 7.09. The Morgan fingerprint density at radius 1 is 0.878 bits per heavy atom. The summed E-state index contributed by atoms with van der Waals surface area (Å²) in [6.07, 6.45) is -0.945. The first kappa shape index (κ1) is 28.9. The molecule has 1 fully saturated rings. The van der Waals surface area contributed by atoms with Crippen molar-refractivity contribution in [2.45, 2.75) is 34.7 Å². The zero-order valence-electron chi connectivity index (χ0n) is 22.9. The van der Waals surface area contributed by atoms with E-state index < -0.39 is 35.3 Å². The van der Waals surface area contributed by atoms with Crippen LogP contribution in [-0.4, -0.2) is 62.6 Å². The van der Waals surface area contributed by atoms with Crippen molar-refractivity contribution < 1.29 is 24.1 Å². The molecule has 10 heteroatoms. The van der Waals surface area contributed by atoms with Crippen LogP contribution in [-0.2, 0) is 15.1 Å². The van der Waals surface area contributed by atoms with Gasteiger partial charge >= 0.3 is 244 Å². The minimum absolute atomic E-state index is 0.0231. The fraction of sp³-hybridized carbons (Fsp3) is 0.290. The van der Waals surface area contributed by atoms with Crippen molar-refractivity contribution in [1.29, 1.82) is 0 Å². The molecule has 1 aliphatic heterocycles. The Hall–Kier alpha value is -3.66. The predicted octanol–water partition coefficient (Wildman–Crippen LogP) is 3.36. The molecule has 5 rings (SSSR count). The molecule has 4 aromatic rings. The number of benzene rings is 3. The van der Waals surface area contributed by atoms with Crippen LogP contribution in [0.1, 0.15) is 22.9 Å². The third-order valence-electron chi connectivity index (χ3n) is 7.35. The van der Waals surface area contributed by atoms with E-state index in [0.717, 1.165) is 16.7 Å². The Morgan fingerprint density at radius 3 is 1.95 bits per heavy atom. The van der Waals surface area contributed by atoms with Crippen LogP contribution in [0, 0.1) is 0 Å². The molecular formula is C31H32N2O7Se. The molecule has 2 heterocycles. The second-order valence-corrected chi connectivity index (χ2v) is 11.7. The molecule has 41 heavy (non-hydrogen) atoms. The molecule has 0 amide bonds. The van der Waals surface area contributed by atoms with Crippen molar-refractivity contribution in [2.24, 2.45) is 0 Å². The van der Waals surface area contributed by atoms with E-state index in [0.29, 0.717) is 11.5 Å². The van der Waals surface area contributed by atoms with Gasteiger partial charge in [-0.1, -0.05) is 0 Å². The second-order valence-electron chi connectivity index (χ2n) is 9.59. The average Bonchev–Trinajstić information content (AvgIpc) is 3.33. The van der Waals surface area contributed by atoms with Crippen molar-refractivity contribution in [3.8, 4) is 11.5 Å². The van der Waals surface area contributed by atoms with Crippen molar-refractivity contribution >= 4 is 15.0 Å². The van der Waals surface area contributed by atoms with Gasteiger partial charge in [0.05, 0.1) is 0 Å². The SMILES string of the molecule is COc1ccc(C(OC[C@H]2O[C@@H](n3ccc(=O)[nH]c3=O)[C@H]([Se]C)[C@@H]2O)(c2ccccc2)c2ccc(OC)cc2)cc1. The van der Waals surface area contributed by atoms with Crippen molar-refractivity contribution in [3.05, 3.63) is 129 Å². The van der Waals surface area contributed by atoms with E-state index in [1.165, 1.54) is 16.8 Å². The molecule has 9 nitrogen and oxygen atoms in total. The van der Waals surface area contributed by atoms with Gasteiger partial charge in [0, 0.05) is 0 Å². The van der Waals surface area contributed by atoms with Crippen molar-refractivity contribution in [2.75, 3.05) is 20.8 Å². The van der Waals surface area contributed by atoms with Crippen LogP contribution in [0.3, 0.4) is 0 Å². The molecule has 0 bridgehead atoms. The van der Waals surface area contributed by atoms with Gasteiger partial charge in [-0.2, -0.15) is 0 Å². The summed E-state index contributed by atoms with van der Waals surface area (Å²) < 4.78 is 25.4. The Morgan fingerprint density at radius 2 is 1.44 bits per heavy atom. The van der Waals surface area contributed by atoms with E-state index in [1.54, 1.807) is 14.2 Å². The van der Waals surface area contributed by atoms with E-state index in [2.05, 4.69) is 4.98 Å². The summed E-state index contributed by atoms with van der Waals surface area (Å²) in [5.41, 5.74) is 0.435. The summed E-state index contributed by atoms with van der Waals surface area (Å²) >= 11 is -0.0725. The standard InChI is InChI=1S/C31H32N2O7Se/c1-37-23-13-9-21(10-14-23)31(20-7-5-4-6-8-20,22-11-15-24(38-2)16-12-22)39-19-25-27(35)28(41-3)29(40-25)33-18-17-26(34)32-30(33)36/h4-18,25,27-29,35H,19H2,1-3H3,(H,32,34,36)/t25-,27-,28-,29-/m1/s1. The third-order valence-corrected chi connectivity index (χ3v) is 9.56. The number of nitrogens with zero attached hydrogens (tertiary/aromatic N) is 1. The molecule has 1 saturated heterocycles. The summed E-state index contributed by atoms with van der Waals surface area (Å²) in [6, 6.07) is 26.5. The average molecular weight is 624 g/mol. The number of methoxy groups -OCH3 is 2. The van der Waals surface area contributed by atoms with Gasteiger partial charge in [0.25, 0.3) is 0 Å². The Labute approximate surface area is 243 Å². The monoisotopic (exact) mass is 624 g/mol. The number of hydrogen-bond acceptors (Lipinski definition) is 7. The fourth-order valence-electron chi connectivity index (χ4n) is 5.24. The first-order valence-electron chi connectivity index (χ1n) is 13.1. The van der Waals surface area contributed by atoms with Crippen molar-refractivity contribution in [3.63, 3.8) is 0 Å². The maximum atomic E-state index is 12.6. The van der Waals surface area contributed by atoms with Crippen LogP contribution in [0.15, 0.2) is 101 Å². The van der Waals surface area contributed by atoms with Crippen LogP contribution >= 0.6 is 0 Å². The van der Waals surface area contributed by atoms with Gasteiger partial charge in [-0.3, -0.25) is 0 Å². The maximum absolute atomic E-state index is 12.6. The van der Waals surface area contributed by atoms with Gasteiger partial charge in [-0.05, 0) is 0 Å². The zero-order chi connectivity index (χ0) is 29.0. The Balaban J connectivity index is 1.57. The van der Waals surface area contributed by atoms with Gasteiger partial charge in [-0.15, -0.1) is 0 Å². The van der Waals surface area contributed by atoms with Gasteiger partial charge in [-0.25, -0.2) is 0 Å². The van der Waals surface area contributed by atoms with Crippen LogP contribution in [0.5, 0.6) is 11.5 Å². The molecule has 0 saturated carbocycles. The summed E-state index contributed by atoms with van der Waals surface area (Å²) in [5, 5.41) is 11.4. The number of H-pyrrole nitrogens is 1. The van der Waals surface area contributed by atoms with Gasteiger partial charge in [0.15, 0.2) is 0 Å².